The molecule has 3 heterocycles. The number of morpholine rings is 1. The van der Waals surface area contributed by atoms with Crippen molar-refractivity contribution in [3.63, 3.8) is 0 Å². The zero-order chi connectivity index (χ0) is 23.3. The largest absolute Gasteiger partial charge is 0.573 e. The number of ether oxygens (including phenoxy) is 2. The molecule has 4 atom stereocenters. The number of pyridine rings is 1. The molecule has 0 aromatic carbocycles. The molecule has 2 aromatic rings. The lowest BCUT2D eigenvalue weighted by atomic mass is 9.85. The van der Waals surface area contributed by atoms with Gasteiger partial charge in [0.05, 0.1) is 18.9 Å². The second-order valence-electron chi connectivity index (χ2n) is 9.63. The predicted octanol–water partition coefficient (Wildman–Crippen LogP) is 4.22. The summed E-state index contributed by atoms with van der Waals surface area (Å²) in [5.41, 5.74) is 7.81. The number of nitrogen functional groups attached to an aromatic ring is 1. The number of aromatic nitrogens is 3. The van der Waals surface area contributed by atoms with Crippen LogP contribution in [0.3, 0.4) is 0 Å². The fraction of sp³-hybridized carbons (Fsp3) is 0.652. The van der Waals surface area contributed by atoms with Gasteiger partial charge in [0.25, 0.3) is 0 Å². The summed E-state index contributed by atoms with van der Waals surface area (Å²) in [7, 11) is 0. The molecule has 33 heavy (non-hydrogen) atoms. The molecule has 2 N–H and O–H groups in total. The van der Waals surface area contributed by atoms with Gasteiger partial charge in [-0.3, -0.25) is 9.58 Å². The minimum atomic E-state index is -4.84. The number of rotatable bonds is 5. The minimum absolute atomic E-state index is 0.127. The number of alkyl halides is 3. The molecule has 1 aliphatic heterocycles. The zero-order valence-corrected chi connectivity index (χ0v) is 18.9. The van der Waals surface area contributed by atoms with E-state index in [0.29, 0.717) is 35.1 Å². The van der Waals surface area contributed by atoms with Crippen molar-refractivity contribution in [3.05, 3.63) is 24.0 Å². The van der Waals surface area contributed by atoms with Crippen LogP contribution in [0.15, 0.2) is 18.3 Å². The van der Waals surface area contributed by atoms with E-state index >= 15 is 0 Å². The average Bonchev–Trinajstić information content (AvgIpc) is 3.47. The lowest BCUT2D eigenvalue weighted by Crippen LogP contribution is -2.46. The molecule has 0 radical (unpaired) electrons. The molecule has 0 amide bonds. The number of hydrogen-bond donors (Lipinski definition) is 1. The number of nitrogens with two attached hydrogens (primary N) is 1. The predicted molar refractivity (Wildman–Crippen MR) is 117 cm³/mol. The molecule has 10 heteroatoms. The van der Waals surface area contributed by atoms with E-state index in [1.54, 1.807) is 0 Å². The molecule has 2 aromatic heterocycles. The Bertz CT molecular complexity index is 1000. The van der Waals surface area contributed by atoms with Gasteiger partial charge >= 0.3 is 6.36 Å². The summed E-state index contributed by atoms with van der Waals surface area (Å²) in [5.74, 6) is 0.799. The van der Waals surface area contributed by atoms with Gasteiger partial charge in [-0.1, -0.05) is 0 Å². The fourth-order valence-corrected chi connectivity index (χ4v) is 6.12. The Morgan fingerprint density at radius 3 is 2.64 bits per heavy atom. The fourth-order valence-electron chi connectivity index (χ4n) is 6.12. The summed E-state index contributed by atoms with van der Waals surface area (Å²) in [6.45, 7) is 7.71. The van der Waals surface area contributed by atoms with Crippen molar-refractivity contribution < 1.29 is 22.6 Å². The van der Waals surface area contributed by atoms with Crippen molar-refractivity contribution in [1.82, 2.24) is 19.7 Å². The first-order valence-electron chi connectivity index (χ1n) is 11.6. The van der Waals surface area contributed by atoms with E-state index in [1.165, 1.54) is 25.1 Å². The van der Waals surface area contributed by atoms with Gasteiger partial charge in [0.2, 0.25) is 0 Å². The Labute approximate surface area is 191 Å². The molecule has 3 fully saturated rings. The van der Waals surface area contributed by atoms with Crippen LogP contribution in [0, 0.1) is 11.8 Å². The molecule has 2 aliphatic carbocycles. The maximum Gasteiger partial charge on any atom is 0.573 e. The normalized spacial score (nSPS) is 28.1. The number of nitrogens with zero attached hydrogens (tertiary/aromatic N) is 4. The summed E-state index contributed by atoms with van der Waals surface area (Å²) < 4.78 is 50.0. The minimum Gasteiger partial charge on any atom is -0.402 e. The average molecular weight is 466 g/mol. The molecule has 2 bridgehead atoms. The van der Waals surface area contributed by atoms with Crippen LogP contribution in [0.5, 0.6) is 5.75 Å². The lowest BCUT2D eigenvalue weighted by Gasteiger charge is -2.35. The van der Waals surface area contributed by atoms with Crippen molar-refractivity contribution in [1.29, 1.82) is 0 Å². The van der Waals surface area contributed by atoms with Crippen molar-refractivity contribution in [2.24, 2.45) is 11.8 Å². The molecule has 2 saturated carbocycles. The van der Waals surface area contributed by atoms with Crippen LogP contribution < -0.4 is 10.5 Å². The van der Waals surface area contributed by atoms with E-state index in [0.717, 1.165) is 38.4 Å². The number of hydrogen-bond acceptors (Lipinski definition) is 6. The quantitative estimate of drug-likeness (QED) is 0.712. The third kappa shape index (κ3) is 4.30. The van der Waals surface area contributed by atoms with Crippen molar-refractivity contribution in [2.45, 2.75) is 57.5 Å². The summed E-state index contributed by atoms with van der Waals surface area (Å²) in [5, 5.41) is 4.78. The van der Waals surface area contributed by atoms with Crippen LogP contribution in [-0.2, 0) is 4.74 Å². The molecule has 7 nitrogen and oxygen atoms in total. The van der Waals surface area contributed by atoms with Gasteiger partial charge in [0.15, 0.2) is 11.6 Å². The lowest BCUT2D eigenvalue weighted by molar-refractivity contribution is -0.274. The second kappa shape index (κ2) is 8.47. The smallest absolute Gasteiger partial charge is 0.402 e. The third-order valence-corrected chi connectivity index (χ3v) is 7.37. The highest BCUT2D eigenvalue weighted by Crippen LogP contribution is 2.55. The summed E-state index contributed by atoms with van der Waals surface area (Å²) in [6, 6.07) is 3.99. The van der Waals surface area contributed by atoms with Crippen molar-refractivity contribution >= 4 is 5.82 Å². The Morgan fingerprint density at radius 2 is 1.94 bits per heavy atom. The molecule has 3 aliphatic rings. The van der Waals surface area contributed by atoms with Crippen molar-refractivity contribution in [2.75, 3.05) is 32.0 Å². The number of fused-ring (bicyclic) bond motifs is 2. The Kier molecular flexibility index (Phi) is 5.76. The van der Waals surface area contributed by atoms with Crippen LogP contribution in [0.1, 0.15) is 50.8 Å². The van der Waals surface area contributed by atoms with Gasteiger partial charge in [0.1, 0.15) is 0 Å². The van der Waals surface area contributed by atoms with Crippen LogP contribution in [0.25, 0.3) is 11.3 Å². The summed E-state index contributed by atoms with van der Waals surface area (Å²) >= 11 is 0. The first-order chi connectivity index (χ1) is 15.7. The molecular weight excluding hydrogens is 435 g/mol. The van der Waals surface area contributed by atoms with E-state index in [1.807, 2.05) is 10.7 Å². The van der Waals surface area contributed by atoms with Crippen LogP contribution in [0.2, 0.25) is 0 Å². The Morgan fingerprint density at radius 1 is 1.18 bits per heavy atom. The summed E-state index contributed by atoms with van der Waals surface area (Å²) in [4.78, 5) is 6.52. The van der Waals surface area contributed by atoms with Gasteiger partial charge in [-0.15, -0.1) is 13.2 Å². The van der Waals surface area contributed by atoms with Crippen molar-refractivity contribution in [3.8, 4) is 17.0 Å². The molecule has 180 valence electrons. The zero-order valence-electron chi connectivity index (χ0n) is 18.9. The Hall–Kier alpha value is -2.33. The highest BCUT2D eigenvalue weighted by molar-refractivity contribution is 5.64. The first kappa shape index (κ1) is 22.5. The van der Waals surface area contributed by atoms with E-state index < -0.39 is 12.1 Å². The van der Waals surface area contributed by atoms with Gasteiger partial charge in [-0.2, -0.15) is 5.10 Å². The van der Waals surface area contributed by atoms with Crippen LogP contribution in [0.4, 0.5) is 19.0 Å². The highest BCUT2D eigenvalue weighted by Gasteiger charge is 2.51. The van der Waals surface area contributed by atoms with Gasteiger partial charge < -0.3 is 15.2 Å². The number of anilines is 1. The van der Waals surface area contributed by atoms with E-state index in [9.17, 15) is 13.2 Å². The van der Waals surface area contributed by atoms with Crippen LogP contribution >= 0.6 is 0 Å². The molecule has 0 spiro atoms. The van der Waals surface area contributed by atoms with E-state index in [4.69, 9.17) is 15.6 Å². The topological polar surface area (TPSA) is 78.4 Å². The monoisotopic (exact) mass is 465 g/mol. The summed E-state index contributed by atoms with van der Waals surface area (Å²) in [6.07, 6.45) is 0.183. The number of halogens is 3. The van der Waals surface area contributed by atoms with E-state index in [-0.39, 0.29) is 11.9 Å². The standard InChI is InChI=1S/C23H30F3N5O2/c1-13(2)31-19(17-9-14-3-4-16(17)21(14)30-5-7-32-8-6-30)11-18(29-31)15-10-20(22(27)28-12-15)33-23(24,25)26/h10-14,16-17,21H,3-9H2,1-2H3,(H2,27,28)/t14?,16?,17-,21?/m0/s1. The van der Waals surface area contributed by atoms with Gasteiger partial charge in [-0.25, -0.2) is 4.98 Å². The third-order valence-electron chi connectivity index (χ3n) is 7.37. The maximum absolute atomic E-state index is 12.8. The van der Waals surface area contributed by atoms with Crippen LogP contribution in [-0.4, -0.2) is 58.4 Å². The molecule has 5 rings (SSSR count). The van der Waals surface area contributed by atoms with Gasteiger partial charge in [-0.05, 0) is 57.1 Å². The maximum atomic E-state index is 12.8. The molecule has 1 saturated heterocycles. The Balaban J connectivity index is 1.46. The van der Waals surface area contributed by atoms with E-state index in [2.05, 4.69) is 28.5 Å². The molecular formula is C23H30F3N5O2. The highest BCUT2D eigenvalue weighted by atomic mass is 19.4. The molecule has 3 unspecified atom stereocenters. The first-order valence-corrected chi connectivity index (χ1v) is 11.6. The second-order valence-corrected chi connectivity index (χ2v) is 9.63. The van der Waals surface area contributed by atoms with Gasteiger partial charge in [0, 0.05) is 48.5 Å². The SMILES string of the molecule is CC(C)n1nc(-c2cnc(N)c(OC(F)(F)F)c2)cc1[C@H]1CC2CCC1C2N1CCOCC1.